The summed E-state index contributed by atoms with van der Waals surface area (Å²) in [5, 5.41) is 9.31. The molecule has 1 saturated heterocycles. The summed E-state index contributed by atoms with van der Waals surface area (Å²) in [4.78, 5) is 12.9. The molecule has 0 aromatic heterocycles. The lowest BCUT2D eigenvalue weighted by Gasteiger charge is -2.17. The number of hydrogen-bond donors (Lipinski definition) is 1. The normalized spacial score (nSPS) is 22.7. The van der Waals surface area contributed by atoms with E-state index in [1.165, 1.54) is 5.56 Å². The third-order valence-electron chi connectivity index (χ3n) is 4.97. The number of amides is 1. The molecule has 118 valence electrons. The number of carbonyl (C=O) groups is 1. The number of rotatable bonds is 1. The van der Waals surface area contributed by atoms with Gasteiger partial charge in [0.15, 0.2) is 0 Å². The number of benzene rings is 2. The molecule has 1 amide bonds. The Morgan fingerprint density at radius 2 is 1.91 bits per heavy atom. The minimum absolute atomic E-state index is 0.229. The highest BCUT2D eigenvalue weighted by molar-refractivity contribution is 5.68. The van der Waals surface area contributed by atoms with Gasteiger partial charge in [-0.3, -0.25) is 0 Å². The van der Waals surface area contributed by atoms with Crippen LogP contribution in [0.4, 0.5) is 4.79 Å². The van der Waals surface area contributed by atoms with E-state index in [1.54, 1.807) is 4.90 Å². The van der Waals surface area contributed by atoms with Gasteiger partial charge in [0.05, 0.1) is 6.61 Å². The van der Waals surface area contributed by atoms with Crippen LogP contribution < -0.4 is 4.74 Å². The average molecular weight is 309 g/mol. The molecule has 2 aromatic carbocycles. The van der Waals surface area contributed by atoms with Crippen LogP contribution in [0.2, 0.25) is 0 Å². The Morgan fingerprint density at radius 1 is 1.09 bits per heavy atom. The highest BCUT2D eigenvalue weighted by Crippen LogP contribution is 2.42. The summed E-state index contributed by atoms with van der Waals surface area (Å²) in [5.74, 6) is 1.48. The molecule has 0 spiro atoms. The summed E-state index contributed by atoms with van der Waals surface area (Å²) >= 11 is 0. The third kappa shape index (κ3) is 2.54. The minimum Gasteiger partial charge on any atom is -0.493 e. The predicted molar refractivity (Wildman–Crippen MR) is 87.8 cm³/mol. The van der Waals surface area contributed by atoms with Gasteiger partial charge < -0.3 is 14.7 Å². The van der Waals surface area contributed by atoms with Crippen LogP contribution in [0.25, 0.3) is 11.1 Å². The van der Waals surface area contributed by atoms with E-state index >= 15 is 0 Å². The Balaban J connectivity index is 1.74. The molecule has 2 aliphatic heterocycles. The van der Waals surface area contributed by atoms with E-state index in [0.717, 1.165) is 23.3 Å². The fourth-order valence-electron chi connectivity index (χ4n) is 3.77. The SMILES string of the molecule is O=C(O)N1CC2CCOc3ccc(-c4ccccc4)cc3C2C1. The molecular weight excluding hydrogens is 290 g/mol. The van der Waals surface area contributed by atoms with Crippen molar-refractivity contribution in [1.29, 1.82) is 0 Å². The third-order valence-corrected chi connectivity index (χ3v) is 4.97. The number of ether oxygens (including phenoxy) is 1. The first-order valence-corrected chi connectivity index (χ1v) is 8.02. The molecule has 2 aromatic rings. The smallest absolute Gasteiger partial charge is 0.407 e. The molecule has 0 saturated carbocycles. The summed E-state index contributed by atoms with van der Waals surface area (Å²) in [6.45, 7) is 1.83. The zero-order chi connectivity index (χ0) is 15.8. The second-order valence-electron chi connectivity index (χ2n) is 6.31. The van der Waals surface area contributed by atoms with Crippen LogP contribution in [0.5, 0.6) is 5.75 Å². The van der Waals surface area contributed by atoms with Gasteiger partial charge in [-0.1, -0.05) is 36.4 Å². The lowest BCUT2D eigenvalue weighted by molar-refractivity contribution is 0.152. The number of likely N-dealkylation sites (tertiary alicyclic amines) is 1. The molecule has 1 fully saturated rings. The highest BCUT2D eigenvalue weighted by atomic mass is 16.5. The topological polar surface area (TPSA) is 49.8 Å². The van der Waals surface area contributed by atoms with Crippen LogP contribution in [-0.4, -0.2) is 35.8 Å². The second kappa shape index (κ2) is 5.61. The van der Waals surface area contributed by atoms with E-state index in [2.05, 4.69) is 24.3 Å². The van der Waals surface area contributed by atoms with Gasteiger partial charge in [0.25, 0.3) is 0 Å². The molecule has 23 heavy (non-hydrogen) atoms. The maximum Gasteiger partial charge on any atom is 0.407 e. The predicted octanol–water partition coefficient (Wildman–Crippen LogP) is 3.83. The van der Waals surface area contributed by atoms with Gasteiger partial charge in [-0.15, -0.1) is 0 Å². The van der Waals surface area contributed by atoms with Crippen LogP contribution in [0.15, 0.2) is 48.5 Å². The molecule has 2 aliphatic rings. The van der Waals surface area contributed by atoms with E-state index in [9.17, 15) is 9.90 Å². The molecule has 2 atom stereocenters. The molecule has 4 nitrogen and oxygen atoms in total. The average Bonchev–Trinajstić information content (AvgIpc) is 2.93. The standard InChI is InChI=1S/C19H19NO3/c21-19(22)20-11-15-8-9-23-18-7-6-14(10-16(18)17(15)12-20)13-4-2-1-3-5-13/h1-7,10,15,17H,8-9,11-12H2,(H,21,22). The molecule has 4 rings (SSSR count). The van der Waals surface area contributed by atoms with Crippen molar-refractivity contribution in [3.63, 3.8) is 0 Å². The van der Waals surface area contributed by atoms with Crippen molar-refractivity contribution < 1.29 is 14.6 Å². The van der Waals surface area contributed by atoms with Crippen LogP contribution in [-0.2, 0) is 0 Å². The molecule has 2 unspecified atom stereocenters. The number of nitrogens with zero attached hydrogens (tertiary/aromatic N) is 1. The lowest BCUT2D eigenvalue weighted by atomic mass is 9.86. The Bertz CT molecular complexity index is 729. The van der Waals surface area contributed by atoms with Crippen molar-refractivity contribution >= 4 is 6.09 Å². The monoisotopic (exact) mass is 309 g/mol. The van der Waals surface area contributed by atoms with Gasteiger partial charge in [-0.25, -0.2) is 4.79 Å². The quantitative estimate of drug-likeness (QED) is 0.871. The summed E-state index contributed by atoms with van der Waals surface area (Å²) in [5.41, 5.74) is 3.48. The van der Waals surface area contributed by atoms with Gasteiger partial charge in [0.1, 0.15) is 5.75 Å². The minimum atomic E-state index is -0.820. The zero-order valence-electron chi connectivity index (χ0n) is 12.8. The van der Waals surface area contributed by atoms with Crippen molar-refractivity contribution in [2.24, 2.45) is 5.92 Å². The molecule has 0 bridgehead atoms. The molecule has 1 N–H and O–H groups in total. The first-order valence-electron chi connectivity index (χ1n) is 8.02. The van der Waals surface area contributed by atoms with Crippen molar-refractivity contribution in [2.45, 2.75) is 12.3 Å². The molecule has 4 heteroatoms. The molecular formula is C19H19NO3. The van der Waals surface area contributed by atoms with E-state index < -0.39 is 6.09 Å². The fourth-order valence-corrected chi connectivity index (χ4v) is 3.77. The Hall–Kier alpha value is -2.49. The van der Waals surface area contributed by atoms with Gasteiger partial charge in [0, 0.05) is 19.0 Å². The Morgan fingerprint density at radius 3 is 2.70 bits per heavy atom. The van der Waals surface area contributed by atoms with Gasteiger partial charge in [0.2, 0.25) is 0 Å². The van der Waals surface area contributed by atoms with E-state index in [0.29, 0.717) is 25.6 Å². The summed E-state index contributed by atoms with van der Waals surface area (Å²) in [7, 11) is 0. The van der Waals surface area contributed by atoms with Crippen LogP contribution in [0, 0.1) is 5.92 Å². The van der Waals surface area contributed by atoms with Crippen molar-refractivity contribution in [3.05, 3.63) is 54.1 Å². The summed E-state index contributed by atoms with van der Waals surface area (Å²) < 4.78 is 5.91. The fraction of sp³-hybridized carbons (Fsp3) is 0.316. The second-order valence-corrected chi connectivity index (χ2v) is 6.31. The molecule has 2 heterocycles. The maximum absolute atomic E-state index is 11.3. The van der Waals surface area contributed by atoms with Gasteiger partial charge >= 0.3 is 6.09 Å². The summed E-state index contributed by atoms with van der Waals surface area (Å²) in [6.07, 6.45) is 0.0869. The zero-order valence-corrected chi connectivity index (χ0v) is 12.8. The maximum atomic E-state index is 11.3. The van der Waals surface area contributed by atoms with E-state index in [1.807, 2.05) is 24.3 Å². The van der Waals surface area contributed by atoms with Crippen LogP contribution in [0.1, 0.15) is 17.9 Å². The van der Waals surface area contributed by atoms with Crippen LogP contribution in [0.3, 0.4) is 0 Å². The van der Waals surface area contributed by atoms with Gasteiger partial charge in [-0.05, 0) is 41.2 Å². The van der Waals surface area contributed by atoms with E-state index in [-0.39, 0.29) is 5.92 Å². The van der Waals surface area contributed by atoms with Crippen LogP contribution >= 0.6 is 0 Å². The number of hydrogen-bond acceptors (Lipinski definition) is 2. The molecule has 0 aliphatic carbocycles. The molecule has 0 radical (unpaired) electrons. The first kappa shape index (κ1) is 14.1. The van der Waals surface area contributed by atoms with Gasteiger partial charge in [-0.2, -0.15) is 0 Å². The largest absolute Gasteiger partial charge is 0.493 e. The van der Waals surface area contributed by atoms with Crippen molar-refractivity contribution in [3.8, 4) is 16.9 Å². The van der Waals surface area contributed by atoms with Crippen molar-refractivity contribution in [2.75, 3.05) is 19.7 Å². The number of fused-ring (bicyclic) bond motifs is 3. The van der Waals surface area contributed by atoms with Crippen molar-refractivity contribution in [1.82, 2.24) is 4.90 Å². The number of carboxylic acid groups (broad SMARTS) is 1. The Kier molecular flexibility index (Phi) is 3.45. The first-order chi connectivity index (χ1) is 11.2. The Labute approximate surface area is 135 Å². The summed E-state index contributed by atoms with van der Waals surface area (Å²) in [6, 6.07) is 16.5. The lowest BCUT2D eigenvalue weighted by Crippen LogP contribution is -2.27. The highest BCUT2D eigenvalue weighted by Gasteiger charge is 2.38. The van der Waals surface area contributed by atoms with E-state index in [4.69, 9.17) is 4.74 Å².